The molecule has 4 heteroatoms. The first-order valence-corrected chi connectivity index (χ1v) is 4.75. The average Bonchev–Trinajstić information content (AvgIpc) is 2.61. The van der Waals surface area contributed by atoms with Crippen LogP contribution >= 0.6 is 0 Å². The quantitative estimate of drug-likeness (QED) is 0.399. The van der Waals surface area contributed by atoms with Crippen LogP contribution in [0.15, 0.2) is 16.7 Å². The minimum Gasteiger partial charge on any atom is -0.409 e. The number of furan rings is 1. The minimum absolute atomic E-state index is 0.169. The van der Waals surface area contributed by atoms with Gasteiger partial charge in [0.05, 0.1) is 6.07 Å². The van der Waals surface area contributed by atoms with Crippen LogP contribution < -0.4 is 0 Å². The van der Waals surface area contributed by atoms with Gasteiger partial charge in [0.15, 0.2) is 0 Å². The first-order chi connectivity index (χ1) is 6.74. The van der Waals surface area contributed by atoms with Gasteiger partial charge in [-0.25, -0.2) is 0 Å². The highest BCUT2D eigenvalue weighted by atomic mass is 16.6. The second-order valence-corrected chi connectivity index (χ2v) is 3.21. The number of aryl methyl sites for hydroxylation is 1. The van der Waals surface area contributed by atoms with Gasteiger partial charge in [0.2, 0.25) is 0 Å². The van der Waals surface area contributed by atoms with Crippen molar-refractivity contribution < 1.29 is 9.34 Å². The van der Waals surface area contributed by atoms with Gasteiger partial charge in [-0.1, -0.05) is 26.2 Å². The summed E-state index contributed by atoms with van der Waals surface area (Å²) in [6.45, 7) is 3.75. The standard InChI is InChI=1S/C10H14NO3/c1-2-3-4-5-6-9-7-10(11(12)13)14-8-9/h7-8H,1-6H2. The molecule has 1 aromatic rings. The van der Waals surface area contributed by atoms with E-state index in [2.05, 4.69) is 6.92 Å². The number of unbranched alkanes of at least 4 members (excludes halogenated alkanes) is 3. The van der Waals surface area contributed by atoms with Crippen LogP contribution in [0.25, 0.3) is 0 Å². The van der Waals surface area contributed by atoms with Crippen molar-refractivity contribution in [2.24, 2.45) is 0 Å². The Morgan fingerprint density at radius 1 is 1.43 bits per heavy atom. The van der Waals surface area contributed by atoms with Crippen LogP contribution in [0, 0.1) is 17.0 Å². The van der Waals surface area contributed by atoms with Crippen LogP contribution in [0.1, 0.15) is 31.2 Å². The third-order valence-corrected chi connectivity index (χ3v) is 2.04. The Morgan fingerprint density at radius 2 is 2.21 bits per heavy atom. The largest absolute Gasteiger partial charge is 0.433 e. The van der Waals surface area contributed by atoms with Gasteiger partial charge in [0.1, 0.15) is 11.2 Å². The van der Waals surface area contributed by atoms with E-state index in [1.165, 1.54) is 12.3 Å². The monoisotopic (exact) mass is 196 g/mol. The van der Waals surface area contributed by atoms with E-state index < -0.39 is 4.92 Å². The van der Waals surface area contributed by atoms with Crippen LogP contribution in [-0.4, -0.2) is 4.92 Å². The number of hydrogen-bond donors (Lipinski definition) is 0. The molecule has 1 heterocycles. The summed E-state index contributed by atoms with van der Waals surface area (Å²) in [6, 6.07) is 1.49. The Bertz CT molecular complexity index is 293. The minimum atomic E-state index is -0.514. The van der Waals surface area contributed by atoms with Gasteiger partial charge in [-0.05, 0) is 18.4 Å². The highest BCUT2D eigenvalue weighted by Gasteiger charge is 2.10. The van der Waals surface area contributed by atoms with Crippen LogP contribution in [0.4, 0.5) is 5.88 Å². The molecular weight excluding hydrogens is 182 g/mol. The Kier molecular flexibility index (Phi) is 4.16. The zero-order valence-corrected chi connectivity index (χ0v) is 8.07. The molecule has 0 aliphatic carbocycles. The number of nitro groups is 1. The molecule has 0 N–H and O–H groups in total. The Morgan fingerprint density at radius 3 is 2.79 bits per heavy atom. The molecule has 0 aromatic carbocycles. The van der Waals surface area contributed by atoms with E-state index in [-0.39, 0.29) is 5.88 Å². The zero-order valence-electron chi connectivity index (χ0n) is 8.07. The Hall–Kier alpha value is -1.32. The molecule has 77 valence electrons. The summed E-state index contributed by atoms with van der Waals surface area (Å²) in [6.07, 6.45) is 6.51. The van der Waals surface area contributed by atoms with E-state index in [0.717, 1.165) is 37.7 Å². The Labute approximate surface area is 83.1 Å². The highest BCUT2D eigenvalue weighted by Crippen LogP contribution is 2.17. The Balaban J connectivity index is 2.33. The smallest absolute Gasteiger partial charge is 0.409 e. The van der Waals surface area contributed by atoms with Crippen LogP contribution in [0.5, 0.6) is 0 Å². The molecule has 0 amide bonds. The summed E-state index contributed by atoms with van der Waals surface area (Å²) in [7, 11) is 0. The zero-order chi connectivity index (χ0) is 10.4. The SMILES string of the molecule is [CH2]CCCCCc1coc([N+](=O)[O-])c1. The van der Waals surface area contributed by atoms with E-state index in [9.17, 15) is 10.1 Å². The lowest BCUT2D eigenvalue weighted by Crippen LogP contribution is -1.84. The topological polar surface area (TPSA) is 56.3 Å². The molecule has 1 aromatic heterocycles. The fourth-order valence-corrected chi connectivity index (χ4v) is 1.27. The molecule has 0 unspecified atom stereocenters. The van der Waals surface area contributed by atoms with Gasteiger partial charge in [0.25, 0.3) is 0 Å². The molecule has 0 fully saturated rings. The van der Waals surface area contributed by atoms with E-state index in [4.69, 9.17) is 4.42 Å². The van der Waals surface area contributed by atoms with E-state index in [1.54, 1.807) is 0 Å². The summed E-state index contributed by atoms with van der Waals surface area (Å²) in [5.74, 6) is -0.169. The maximum absolute atomic E-state index is 10.3. The molecule has 1 radical (unpaired) electrons. The number of nitrogens with zero attached hydrogens (tertiary/aromatic N) is 1. The number of rotatable bonds is 6. The van der Waals surface area contributed by atoms with Crippen LogP contribution in [0.3, 0.4) is 0 Å². The lowest BCUT2D eigenvalue weighted by Gasteiger charge is -1.95. The highest BCUT2D eigenvalue weighted by molar-refractivity contribution is 5.22. The molecule has 4 nitrogen and oxygen atoms in total. The molecule has 14 heavy (non-hydrogen) atoms. The molecule has 1 rings (SSSR count). The van der Waals surface area contributed by atoms with Crippen molar-refractivity contribution in [1.29, 1.82) is 0 Å². The van der Waals surface area contributed by atoms with Crippen molar-refractivity contribution in [3.8, 4) is 0 Å². The van der Waals surface area contributed by atoms with Crippen LogP contribution in [-0.2, 0) is 6.42 Å². The maximum Gasteiger partial charge on any atom is 0.433 e. The fourth-order valence-electron chi connectivity index (χ4n) is 1.27. The summed E-state index contributed by atoms with van der Waals surface area (Å²) in [4.78, 5) is 9.78. The van der Waals surface area contributed by atoms with Crippen molar-refractivity contribution in [2.45, 2.75) is 32.1 Å². The van der Waals surface area contributed by atoms with E-state index in [0.29, 0.717) is 0 Å². The van der Waals surface area contributed by atoms with Crippen molar-refractivity contribution in [3.05, 3.63) is 34.9 Å². The predicted molar refractivity (Wildman–Crippen MR) is 52.9 cm³/mol. The first-order valence-electron chi connectivity index (χ1n) is 4.75. The third kappa shape index (κ3) is 3.20. The average molecular weight is 196 g/mol. The fraction of sp³-hybridized carbons (Fsp3) is 0.500. The van der Waals surface area contributed by atoms with Gasteiger partial charge in [-0.3, -0.25) is 10.1 Å². The van der Waals surface area contributed by atoms with Crippen LogP contribution in [0.2, 0.25) is 0 Å². The maximum atomic E-state index is 10.3. The van der Waals surface area contributed by atoms with Gasteiger partial charge in [-0.15, -0.1) is 0 Å². The third-order valence-electron chi connectivity index (χ3n) is 2.04. The molecule has 0 saturated carbocycles. The molecule has 0 bridgehead atoms. The van der Waals surface area contributed by atoms with Gasteiger partial charge in [0, 0.05) is 0 Å². The van der Waals surface area contributed by atoms with Gasteiger partial charge < -0.3 is 4.42 Å². The lowest BCUT2D eigenvalue weighted by molar-refractivity contribution is -0.402. The van der Waals surface area contributed by atoms with Gasteiger partial charge in [-0.2, -0.15) is 0 Å². The first kappa shape index (κ1) is 10.8. The molecule has 0 aliphatic heterocycles. The summed E-state index contributed by atoms with van der Waals surface area (Å²) >= 11 is 0. The molecule has 0 saturated heterocycles. The lowest BCUT2D eigenvalue weighted by atomic mass is 10.1. The van der Waals surface area contributed by atoms with Crippen molar-refractivity contribution in [2.75, 3.05) is 0 Å². The number of hydrogen-bond acceptors (Lipinski definition) is 3. The molecule has 0 atom stereocenters. The second-order valence-electron chi connectivity index (χ2n) is 3.21. The second kappa shape index (κ2) is 5.42. The van der Waals surface area contributed by atoms with E-state index >= 15 is 0 Å². The van der Waals surface area contributed by atoms with E-state index in [1.807, 2.05) is 0 Å². The molecule has 0 aliphatic rings. The molecular formula is C10H14NO3. The van der Waals surface area contributed by atoms with Crippen molar-refractivity contribution >= 4 is 5.88 Å². The van der Waals surface area contributed by atoms with Gasteiger partial charge >= 0.3 is 5.88 Å². The normalized spacial score (nSPS) is 10.4. The summed E-state index contributed by atoms with van der Waals surface area (Å²) in [5.41, 5.74) is 0.903. The summed E-state index contributed by atoms with van der Waals surface area (Å²) < 4.78 is 4.77. The van der Waals surface area contributed by atoms with Crippen molar-refractivity contribution in [1.82, 2.24) is 0 Å². The predicted octanol–water partition coefficient (Wildman–Crippen LogP) is 3.12. The van der Waals surface area contributed by atoms with Crippen molar-refractivity contribution in [3.63, 3.8) is 0 Å². The molecule has 0 spiro atoms. The summed E-state index contributed by atoms with van der Waals surface area (Å²) in [5, 5.41) is 10.3.